The molecule has 0 aromatic rings. The Morgan fingerprint density at radius 2 is 1.75 bits per heavy atom. The van der Waals surface area contributed by atoms with Crippen molar-refractivity contribution in [2.24, 2.45) is 42.2 Å². The quantitative estimate of drug-likeness (QED) is 0.105. The molecule has 0 heterocycles. The van der Waals surface area contributed by atoms with Gasteiger partial charge in [-0.3, -0.25) is 0 Å². The third-order valence-corrected chi connectivity index (χ3v) is 1.05. The highest BCUT2D eigenvalue weighted by atomic mass is 28.2. The zero-order valence-electron chi connectivity index (χ0n) is 6.11. The predicted octanol–water partition coefficient (Wildman–Crippen LogP) is -1.37. The molecule has 0 aromatic carbocycles. The van der Waals surface area contributed by atoms with Crippen molar-refractivity contribution in [1.29, 1.82) is 0 Å². The van der Waals surface area contributed by atoms with Crippen molar-refractivity contribution in [2.45, 2.75) is 0 Å². The van der Waals surface area contributed by atoms with E-state index >= 15 is 0 Å². The van der Waals surface area contributed by atoms with E-state index in [-0.39, 0.29) is 0 Å². The summed E-state index contributed by atoms with van der Waals surface area (Å²) in [4.78, 5) is 0. The minimum absolute atomic E-state index is 1.03. The summed E-state index contributed by atoms with van der Waals surface area (Å²) in [7, 11) is -1.19. The number of hydrogen-bond donors (Lipinski definition) is 2. The molecule has 0 fully saturated rings. The second kappa shape index (κ2) is 9.16. The molecule has 0 aromatic heterocycles. The van der Waals surface area contributed by atoms with Gasteiger partial charge in [-0.15, -0.1) is 10.2 Å². The molecule has 0 saturated carbocycles. The molecular formula is C2H8N8OSi. The molecule has 0 rings (SSSR count). The van der Waals surface area contributed by atoms with Crippen LogP contribution in [-0.2, 0) is 4.53 Å². The molecule has 0 radical (unpaired) electrons. The molecule has 0 aliphatic rings. The van der Waals surface area contributed by atoms with E-state index in [1.165, 1.54) is 0 Å². The molecule has 0 aliphatic carbocycles. The Hall–Kier alpha value is -1.84. The van der Waals surface area contributed by atoms with E-state index in [1.54, 1.807) is 0 Å². The Morgan fingerprint density at radius 3 is 2.42 bits per heavy atom. The highest BCUT2D eigenvalue weighted by Crippen LogP contribution is 1.76. The van der Waals surface area contributed by atoms with Crippen LogP contribution in [0.3, 0.4) is 0 Å². The molecule has 0 atom stereocenters. The van der Waals surface area contributed by atoms with Crippen molar-refractivity contribution in [3.63, 3.8) is 0 Å². The molecule has 66 valence electrons. The summed E-state index contributed by atoms with van der Waals surface area (Å²) in [6.45, 7) is 0. The Labute approximate surface area is 70.3 Å². The van der Waals surface area contributed by atoms with Gasteiger partial charge in [0.05, 0.1) is 0 Å². The smallest absolute Gasteiger partial charge is 0.403 e. The van der Waals surface area contributed by atoms with Gasteiger partial charge in [-0.05, 0) is 0 Å². The molecule has 0 amide bonds. The van der Waals surface area contributed by atoms with Gasteiger partial charge in [0, 0.05) is 5.28 Å². The summed E-state index contributed by atoms with van der Waals surface area (Å²) in [6, 6.07) is 0. The van der Waals surface area contributed by atoms with Gasteiger partial charge in [-0.25, -0.2) is 0 Å². The van der Waals surface area contributed by atoms with Crippen molar-refractivity contribution in [3.05, 3.63) is 0 Å². The minimum Gasteiger partial charge on any atom is -0.417 e. The normalized spacial score (nSPS) is 13.7. The van der Waals surface area contributed by atoms with Crippen LogP contribution in [0.4, 0.5) is 0 Å². The Kier molecular flexibility index (Phi) is 7.75. The van der Waals surface area contributed by atoms with Gasteiger partial charge in [0.2, 0.25) is 0 Å². The highest BCUT2D eigenvalue weighted by Gasteiger charge is 1.78. The fraction of sp³-hybridized carbons (Fsp3) is 0. The molecule has 12 heavy (non-hydrogen) atoms. The number of nitrogens with zero attached hydrogens (tertiary/aromatic N) is 6. The fourth-order valence-electron chi connectivity index (χ4n) is 0.236. The van der Waals surface area contributed by atoms with E-state index in [4.69, 9.17) is 11.7 Å². The third kappa shape index (κ3) is 8.16. The number of hydrogen-bond acceptors (Lipinski definition) is 7. The van der Waals surface area contributed by atoms with E-state index in [0.29, 0.717) is 0 Å². The fourth-order valence-corrected chi connectivity index (χ4v) is 0.545. The average Bonchev–Trinajstić information content (AvgIpc) is 2.10. The summed E-state index contributed by atoms with van der Waals surface area (Å²) in [6.07, 6.45) is 2.13. The van der Waals surface area contributed by atoms with Gasteiger partial charge in [0.15, 0.2) is 12.7 Å². The Bertz CT molecular complexity index is 175. The number of rotatable bonds is 5. The van der Waals surface area contributed by atoms with Crippen LogP contribution in [0, 0.1) is 0 Å². The van der Waals surface area contributed by atoms with Crippen molar-refractivity contribution < 1.29 is 4.53 Å². The largest absolute Gasteiger partial charge is 0.417 e. The Morgan fingerprint density at radius 1 is 1.08 bits per heavy atom. The monoisotopic (exact) mass is 188 g/mol. The lowest BCUT2D eigenvalue weighted by atomic mass is 11.4. The van der Waals surface area contributed by atoms with Crippen molar-refractivity contribution in [1.82, 2.24) is 0 Å². The first-order valence-electron chi connectivity index (χ1n) is 2.74. The summed E-state index contributed by atoms with van der Waals surface area (Å²) in [5.41, 5.74) is 0. The summed E-state index contributed by atoms with van der Waals surface area (Å²) < 4.78 is 8.11. The number of nitrogens with two attached hydrogens (primary N) is 2. The maximum Gasteiger partial charge on any atom is 0.403 e. The zero-order valence-corrected chi connectivity index (χ0v) is 7.52. The van der Waals surface area contributed by atoms with Crippen molar-refractivity contribution in [3.8, 4) is 0 Å². The van der Waals surface area contributed by atoms with Gasteiger partial charge >= 0.3 is 9.92 Å². The van der Waals surface area contributed by atoms with Crippen LogP contribution < -0.4 is 11.7 Å². The SMILES string of the molecule is NN=CN=NO[SiH2]N=NC=NN. The lowest BCUT2D eigenvalue weighted by molar-refractivity contribution is 0.333. The first-order valence-corrected chi connectivity index (χ1v) is 3.95. The molecule has 0 saturated heterocycles. The van der Waals surface area contributed by atoms with Crippen LogP contribution in [0.25, 0.3) is 0 Å². The molecule has 0 spiro atoms. The lowest BCUT2D eigenvalue weighted by Crippen LogP contribution is -1.87. The third-order valence-electron chi connectivity index (χ3n) is 0.539. The molecule has 0 aliphatic heterocycles. The highest BCUT2D eigenvalue weighted by molar-refractivity contribution is 6.24. The second-order valence-electron chi connectivity index (χ2n) is 1.24. The summed E-state index contributed by atoms with van der Waals surface area (Å²) in [5, 5.41) is 16.0. The van der Waals surface area contributed by atoms with Crippen molar-refractivity contribution >= 4 is 22.6 Å². The van der Waals surface area contributed by atoms with E-state index in [0.717, 1.165) is 12.7 Å². The van der Waals surface area contributed by atoms with Crippen LogP contribution >= 0.6 is 0 Å². The first-order chi connectivity index (χ1) is 5.91. The standard InChI is InChI=1S/C2H8N8OSi/c3-5-1-7-9-11-12-10-8-2-6-4/h1-2H,3-4,12H2. The van der Waals surface area contributed by atoms with Crippen LogP contribution in [0.15, 0.2) is 30.5 Å². The zero-order chi connectivity index (χ0) is 9.07. The number of hydrazone groups is 2. The van der Waals surface area contributed by atoms with E-state index in [1.807, 2.05) is 0 Å². The van der Waals surface area contributed by atoms with Crippen LogP contribution in [-0.4, -0.2) is 22.6 Å². The molecule has 10 heteroatoms. The molecule has 0 bridgehead atoms. The van der Waals surface area contributed by atoms with Gasteiger partial charge in [0.25, 0.3) is 0 Å². The van der Waals surface area contributed by atoms with E-state index in [2.05, 4.69) is 35.0 Å². The predicted molar refractivity (Wildman–Crippen MR) is 44.7 cm³/mol. The van der Waals surface area contributed by atoms with Gasteiger partial charge in [-0.2, -0.15) is 15.0 Å². The van der Waals surface area contributed by atoms with Crippen LogP contribution in [0.1, 0.15) is 0 Å². The maximum absolute atomic E-state index is 4.73. The first kappa shape index (κ1) is 10.2. The average molecular weight is 188 g/mol. The topological polar surface area (TPSA) is 135 Å². The second-order valence-corrected chi connectivity index (χ2v) is 2.04. The van der Waals surface area contributed by atoms with Crippen LogP contribution in [0.5, 0.6) is 0 Å². The summed E-state index contributed by atoms with van der Waals surface area (Å²) >= 11 is 0. The molecule has 9 nitrogen and oxygen atoms in total. The van der Waals surface area contributed by atoms with Gasteiger partial charge in [-0.1, -0.05) is 0 Å². The van der Waals surface area contributed by atoms with E-state index < -0.39 is 9.92 Å². The lowest BCUT2D eigenvalue weighted by Gasteiger charge is -1.85. The van der Waals surface area contributed by atoms with Crippen molar-refractivity contribution in [2.75, 3.05) is 0 Å². The van der Waals surface area contributed by atoms with Gasteiger partial charge < -0.3 is 16.2 Å². The molecule has 0 unspecified atom stereocenters. The van der Waals surface area contributed by atoms with Gasteiger partial charge in [0.1, 0.15) is 0 Å². The summed E-state index contributed by atoms with van der Waals surface area (Å²) in [5.74, 6) is 9.43. The van der Waals surface area contributed by atoms with E-state index in [9.17, 15) is 0 Å². The minimum atomic E-state index is -1.19. The Balaban J connectivity index is 3.32. The van der Waals surface area contributed by atoms with Crippen LogP contribution in [0.2, 0.25) is 0 Å². The molecule has 4 N–H and O–H groups in total. The molecular weight excluding hydrogens is 180 g/mol. The maximum atomic E-state index is 4.73.